The van der Waals surface area contributed by atoms with E-state index in [1.807, 2.05) is 18.2 Å². The zero-order chi connectivity index (χ0) is 22.0. The van der Waals surface area contributed by atoms with Crippen molar-refractivity contribution in [3.63, 3.8) is 0 Å². The summed E-state index contributed by atoms with van der Waals surface area (Å²) in [5.74, 6) is -0.122. The highest BCUT2D eigenvalue weighted by atomic mass is 32.2. The van der Waals surface area contributed by atoms with E-state index in [-0.39, 0.29) is 23.4 Å². The molecule has 0 bridgehead atoms. The Kier molecular flexibility index (Phi) is 6.24. The molecule has 1 aliphatic heterocycles. The van der Waals surface area contributed by atoms with Gasteiger partial charge in [0.2, 0.25) is 15.9 Å². The number of thiophene rings is 1. The van der Waals surface area contributed by atoms with Crippen LogP contribution in [-0.2, 0) is 21.2 Å². The van der Waals surface area contributed by atoms with Crippen molar-refractivity contribution in [2.75, 3.05) is 32.5 Å². The summed E-state index contributed by atoms with van der Waals surface area (Å²) in [4.78, 5) is 16.6. The number of hydrogen-bond donors (Lipinski definition) is 1. The summed E-state index contributed by atoms with van der Waals surface area (Å²) >= 11 is 1.77. The minimum atomic E-state index is -3.49. The number of nitrogens with one attached hydrogen (secondary N) is 1. The Hall–Kier alpha value is -2.52. The quantitative estimate of drug-likeness (QED) is 0.617. The second-order valence-electron chi connectivity index (χ2n) is 7.69. The van der Waals surface area contributed by atoms with Gasteiger partial charge in [-0.3, -0.25) is 9.69 Å². The van der Waals surface area contributed by atoms with Crippen LogP contribution in [-0.4, -0.2) is 50.7 Å². The molecule has 31 heavy (non-hydrogen) atoms. The van der Waals surface area contributed by atoms with Crippen LogP contribution in [0.3, 0.4) is 0 Å². The van der Waals surface area contributed by atoms with E-state index in [0.717, 1.165) is 13.0 Å². The minimum Gasteiger partial charge on any atom is -0.325 e. The average molecular weight is 456 g/mol. The zero-order valence-corrected chi connectivity index (χ0v) is 19.1. The molecule has 2 aromatic carbocycles. The second-order valence-corrected chi connectivity index (χ2v) is 10.8. The number of rotatable bonds is 6. The zero-order valence-electron chi connectivity index (χ0n) is 17.5. The molecule has 1 aliphatic rings. The van der Waals surface area contributed by atoms with Gasteiger partial charge in [-0.2, -0.15) is 0 Å². The topological polar surface area (TPSA) is 69.7 Å². The van der Waals surface area contributed by atoms with Crippen LogP contribution in [0.2, 0.25) is 0 Å². The van der Waals surface area contributed by atoms with Gasteiger partial charge in [-0.1, -0.05) is 30.3 Å². The van der Waals surface area contributed by atoms with Gasteiger partial charge in [-0.25, -0.2) is 12.7 Å². The number of fused-ring (bicyclic) bond motifs is 1. The fourth-order valence-corrected chi connectivity index (χ4v) is 5.68. The molecule has 162 valence electrons. The highest BCUT2D eigenvalue weighted by molar-refractivity contribution is 7.89. The second kappa shape index (κ2) is 8.92. The Bertz CT molecular complexity index is 1160. The number of nitrogens with zero attached hydrogens (tertiary/aromatic N) is 2. The van der Waals surface area contributed by atoms with Gasteiger partial charge < -0.3 is 5.32 Å². The molecular weight excluding hydrogens is 430 g/mol. The molecule has 1 N–H and O–H groups in total. The number of sulfonamides is 1. The number of amides is 1. The van der Waals surface area contributed by atoms with Gasteiger partial charge >= 0.3 is 0 Å². The Morgan fingerprint density at radius 2 is 1.81 bits per heavy atom. The van der Waals surface area contributed by atoms with Gasteiger partial charge in [0.05, 0.1) is 17.5 Å². The highest BCUT2D eigenvalue weighted by Gasteiger charge is 2.30. The Balaban J connectivity index is 1.49. The first kappa shape index (κ1) is 21.7. The summed E-state index contributed by atoms with van der Waals surface area (Å²) in [7, 11) is -0.509. The van der Waals surface area contributed by atoms with E-state index in [0.29, 0.717) is 5.69 Å². The number of anilines is 1. The van der Waals surface area contributed by atoms with Gasteiger partial charge in [-0.15, -0.1) is 11.3 Å². The number of hydrogen-bond acceptors (Lipinski definition) is 5. The molecule has 4 rings (SSSR count). The molecule has 1 amide bonds. The predicted octanol–water partition coefficient (Wildman–Crippen LogP) is 3.58. The van der Waals surface area contributed by atoms with Crippen molar-refractivity contribution < 1.29 is 13.2 Å². The van der Waals surface area contributed by atoms with Crippen molar-refractivity contribution in [2.45, 2.75) is 17.4 Å². The maximum Gasteiger partial charge on any atom is 0.242 e. The van der Waals surface area contributed by atoms with Crippen LogP contribution < -0.4 is 5.32 Å². The van der Waals surface area contributed by atoms with E-state index in [4.69, 9.17) is 0 Å². The fourth-order valence-electron chi connectivity index (χ4n) is 3.87. The smallest absolute Gasteiger partial charge is 0.242 e. The largest absolute Gasteiger partial charge is 0.325 e. The maximum atomic E-state index is 12.8. The first-order chi connectivity index (χ1) is 14.9. The van der Waals surface area contributed by atoms with Crippen molar-refractivity contribution in [1.29, 1.82) is 0 Å². The van der Waals surface area contributed by atoms with Crippen LogP contribution in [0.25, 0.3) is 0 Å². The van der Waals surface area contributed by atoms with Crippen molar-refractivity contribution in [3.05, 3.63) is 82.0 Å². The van der Waals surface area contributed by atoms with Gasteiger partial charge in [0, 0.05) is 31.2 Å². The Labute approximate surface area is 187 Å². The van der Waals surface area contributed by atoms with Crippen LogP contribution in [0.15, 0.2) is 70.9 Å². The Morgan fingerprint density at radius 3 is 2.48 bits per heavy atom. The molecular formula is C23H25N3O3S2. The third-order valence-electron chi connectivity index (χ3n) is 5.44. The van der Waals surface area contributed by atoms with Crippen molar-refractivity contribution in [3.8, 4) is 0 Å². The van der Waals surface area contributed by atoms with Crippen LogP contribution in [0.1, 0.15) is 22.0 Å². The van der Waals surface area contributed by atoms with Crippen LogP contribution >= 0.6 is 11.3 Å². The predicted molar refractivity (Wildman–Crippen MR) is 124 cm³/mol. The first-order valence-corrected chi connectivity index (χ1v) is 12.4. The number of carbonyl (C=O) groups excluding carboxylic acids is 1. The summed E-state index contributed by atoms with van der Waals surface area (Å²) in [5.41, 5.74) is 3.02. The lowest BCUT2D eigenvalue weighted by atomic mass is 9.93. The minimum absolute atomic E-state index is 0.0505. The van der Waals surface area contributed by atoms with E-state index in [1.54, 1.807) is 23.5 Å². The molecule has 6 nitrogen and oxygen atoms in total. The molecule has 0 fully saturated rings. The highest BCUT2D eigenvalue weighted by Crippen LogP contribution is 2.37. The molecule has 2 heterocycles. The molecule has 0 radical (unpaired) electrons. The average Bonchev–Trinajstić information content (AvgIpc) is 3.23. The van der Waals surface area contributed by atoms with Gasteiger partial charge in [-0.05, 0) is 53.3 Å². The van der Waals surface area contributed by atoms with E-state index < -0.39 is 10.0 Å². The third kappa shape index (κ3) is 4.57. The van der Waals surface area contributed by atoms with E-state index in [9.17, 15) is 13.2 Å². The SMILES string of the molecule is CN(C)S(=O)(=O)c1ccc(NC(=O)CN2CCc3sccc3C2c2ccccc2)cc1. The summed E-state index contributed by atoms with van der Waals surface area (Å²) in [6.45, 7) is 1.06. The fraction of sp³-hybridized carbons (Fsp3) is 0.261. The molecule has 0 aliphatic carbocycles. The lowest BCUT2D eigenvalue weighted by Crippen LogP contribution is -2.40. The van der Waals surface area contributed by atoms with Crippen LogP contribution in [0.5, 0.6) is 0 Å². The standard InChI is InChI=1S/C23H25N3O3S2/c1-25(2)31(28,29)19-10-8-18(9-11-19)24-22(27)16-26-14-12-21-20(13-15-30-21)23(26)17-6-4-3-5-7-17/h3-11,13,15,23H,12,14,16H2,1-2H3,(H,24,27). The normalized spacial score (nSPS) is 16.8. The number of carbonyl (C=O) groups is 1. The van der Waals surface area contributed by atoms with Crippen molar-refractivity contribution in [1.82, 2.24) is 9.21 Å². The van der Waals surface area contributed by atoms with E-state index in [2.05, 4.69) is 33.8 Å². The summed E-state index contributed by atoms with van der Waals surface area (Å²) in [6, 6.07) is 18.7. The summed E-state index contributed by atoms with van der Waals surface area (Å²) in [5, 5.41) is 5.02. The third-order valence-corrected chi connectivity index (χ3v) is 8.27. The van der Waals surface area contributed by atoms with Gasteiger partial charge in [0.25, 0.3) is 0 Å². The Morgan fingerprint density at radius 1 is 1.10 bits per heavy atom. The molecule has 0 saturated carbocycles. The van der Waals surface area contributed by atoms with Crippen molar-refractivity contribution >= 4 is 33.0 Å². The molecule has 8 heteroatoms. The lowest BCUT2D eigenvalue weighted by Gasteiger charge is -2.35. The maximum absolute atomic E-state index is 12.8. The summed E-state index contributed by atoms with van der Waals surface area (Å²) in [6.07, 6.45) is 0.931. The van der Waals surface area contributed by atoms with E-state index in [1.165, 1.54) is 46.5 Å². The van der Waals surface area contributed by atoms with Crippen LogP contribution in [0, 0.1) is 0 Å². The van der Waals surface area contributed by atoms with Crippen molar-refractivity contribution in [2.24, 2.45) is 0 Å². The van der Waals surface area contributed by atoms with Gasteiger partial charge in [0.15, 0.2) is 0 Å². The monoisotopic (exact) mass is 455 g/mol. The number of benzene rings is 2. The van der Waals surface area contributed by atoms with Crippen LogP contribution in [0.4, 0.5) is 5.69 Å². The lowest BCUT2D eigenvalue weighted by molar-refractivity contribution is -0.117. The molecule has 3 aromatic rings. The molecule has 1 aromatic heterocycles. The first-order valence-electron chi connectivity index (χ1n) is 10.0. The molecule has 0 spiro atoms. The summed E-state index contributed by atoms with van der Waals surface area (Å²) < 4.78 is 25.6. The van der Waals surface area contributed by atoms with E-state index >= 15 is 0 Å². The molecule has 1 unspecified atom stereocenters. The molecule has 1 atom stereocenters. The van der Waals surface area contributed by atoms with Gasteiger partial charge in [0.1, 0.15) is 0 Å². The molecule has 0 saturated heterocycles.